The zero-order valence-corrected chi connectivity index (χ0v) is 15.1. The summed E-state index contributed by atoms with van der Waals surface area (Å²) in [6.07, 6.45) is 0. The van der Waals surface area contributed by atoms with Gasteiger partial charge in [-0.05, 0) is 49.7 Å². The Morgan fingerprint density at radius 1 is 1.23 bits per heavy atom. The Hall–Kier alpha value is -2.86. The van der Waals surface area contributed by atoms with Gasteiger partial charge >= 0.3 is 5.69 Å². The van der Waals surface area contributed by atoms with Crippen molar-refractivity contribution in [3.05, 3.63) is 79.5 Å². The normalized spacial score (nSPS) is 12.1. The first-order valence-corrected chi connectivity index (χ1v) is 8.61. The van der Waals surface area contributed by atoms with Crippen LogP contribution in [0.25, 0.3) is 10.9 Å². The van der Waals surface area contributed by atoms with Gasteiger partial charge in [-0.1, -0.05) is 23.7 Å². The Kier molecular flexibility index (Phi) is 4.95. The molecule has 0 spiro atoms. The predicted molar refractivity (Wildman–Crippen MR) is 102 cm³/mol. The summed E-state index contributed by atoms with van der Waals surface area (Å²) in [6.45, 7) is 3.86. The van der Waals surface area contributed by atoms with Gasteiger partial charge in [-0.15, -0.1) is 0 Å². The number of H-pyrrole nitrogens is 1. The van der Waals surface area contributed by atoms with Gasteiger partial charge in [-0.25, -0.2) is 4.79 Å². The van der Waals surface area contributed by atoms with Crippen molar-refractivity contribution in [1.82, 2.24) is 14.9 Å². The lowest BCUT2D eigenvalue weighted by molar-refractivity contribution is 0.0940. The number of halogens is 1. The van der Waals surface area contributed by atoms with Crippen LogP contribution >= 0.6 is 11.6 Å². The van der Waals surface area contributed by atoms with Crippen LogP contribution in [0.5, 0.6) is 0 Å². The fraction of sp³-hybridized carbons (Fsp3) is 0.211. The van der Waals surface area contributed by atoms with Gasteiger partial charge in [-0.3, -0.25) is 14.2 Å². The lowest BCUT2D eigenvalue weighted by Crippen LogP contribution is -2.34. The average molecular weight is 372 g/mol. The molecule has 6 nitrogen and oxygen atoms in total. The molecule has 3 rings (SSSR count). The highest BCUT2D eigenvalue weighted by atomic mass is 35.5. The van der Waals surface area contributed by atoms with Gasteiger partial charge in [0.25, 0.3) is 11.5 Å². The third-order valence-electron chi connectivity index (χ3n) is 4.26. The fourth-order valence-electron chi connectivity index (χ4n) is 2.82. The summed E-state index contributed by atoms with van der Waals surface area (Å²) in [5, 5.41) is 3.85. The molecule has 0 saturated heterocycles. The maximum Gasteiger partial charge on any atom is 0.328 e. The van der Waals surface area contributed by atoms with E-state index < -0.39 is 5.69 Å². The summed E-state index contributed by atoms with van der Waals surface area (Å²) >= 11 is 5.98. The van der Waals surface area contributed by atoms with Crippen LogP contribution in [-0.2, 0) is 6.54 Å². The van der Waals surface area contributed by atoms with Crippen molar-refractivity contribution in [2.45, 2.75) is 26.4 Å². The molecule has 26 heavy (non-hydrogen) atoms. The van der Waals surface area contributed by atoms with Gasteiger partial charge in [0, 0.05) is 17.1 Å². The number of aromatic amines is 1. The molecular formula is C19H18ClN3O3. The zero-order chi connectivity index (χ0) is 18.8. The molecule has 1 atom stereocenters. The monoisotopic (exact) mass is 371 g/mol. The lowest BCUT2D eigenvalue weighted by Gasteiger charge is -2.15. The number of rotatable bonds is 4. The molecule has 2 aromatic carbocycles. The van der Waals surface area contributed by atoms with Gasteiger partial charge in [0.1, 0.15) is 0 Å². The van der Waals surface area contributed by atoms with Crippen molar-refractivity contribution >= 4 is 28.4 Å². The second kappa shape index (κ2) is 7.17. The molecule has 0 aliphatic rings. The largest absolute Gasteiger partial charge is 0.346 e. The number of nitrogens with zero attached hydrogens (tertiary/aromatic N) is 1. The molecule has 1 heterocycles. The van der Waals surface area contributed by atoms with Crippen molar-refractivity contribution in [2.75, 3.05) is 0 Å². The molecule has 1 aromatic heterocycles. The van der Waals surface area contributed by atoms with E-state index in [1.807, 2.05) is 19.1 Å². The molecule has 134 valence electrons. The standard InChI is InChI=1S/C19H18ClN3O3/c1-3-23-18(25)15-8-7-13(10-16(15)22-19(23)26)17(24)21-11(2)12-5-4-6-14(20)9-12/h4-11H,3H2,1-2H3,(H,21,24)(H,22,26). The highest BCUT2D eigenvalue weighted by Crippen LogP contribution is 2.18. The van der Waals surface area contributed by atoms with E-state index in [1.54, 1.807) is 31.2 Å². The minimum absolute atomic E-state index is 0.246. The highest BCUT2D eigenvalue weighted by molar-refractivity contribution is 6.30. The topological polar surface area (TPSA) is 84.0 Å². The lowest BCUT2D eigenvalue weighted by atomic mass is 10.1. The number of hydrogen-bond acceptors (Lipinski definition) is 3. The summed E-state index contributed by atoms with van der Waals surface area (Å²) in [5.74, 6) is -0.306. The summed E-state index contributed by atoms with van der Waals surface area (Å²) in [5.41, 5.74) is 0.717. The summed E-state index contributed by atoms with van der Waals surface area (Å²) in [6, 6.07) is 11.6. The van der Waals surface area contributed by atoms with Gasteiger partial charge in [0.15, 0.2) is 0 Å². The third kappa shape index (κ3) is 3.41. The number of fused-ring (bicyclic) bond motifs is 1. The van der Waals surface area contributed by atoms with E-state index in [9.17, 15) is 14.4 Å². The number of carbonyl (C=O) groups excluding carboxylic acids is 1. The second-order valence-corrected chi connectivity index (χ2v) is 6.43. The molecule has 3 aromatic rings. The molecule has 0 aliphatic heterocycles. The van der Waals surface area contributed by atoms with Crippen molar-refractivity contribution in [3.8, 4) is 0 Å². The van der Waals surface area contributed by atoms with E-state index in [1.165, 1.54) is 6.07 Å². The second-order valence-electron chi connectivity index (χ2n) is 5.99. The van der Waals surface area contributed by atoms with Crippen LogP contribution in [0.4, 0.5) is 0 Å². The third-order valence-corrected chi connectivity index (χ3v) is 4.49. The van der Waals surface area contributed by atoms with E-state index >= 15 is 0 Å². The first-order valence-electron chi connectivity index (χ1n) is 8.24. The van der Waals surface area contributed by atoms with Crippen molar-refractivity contribution in [3.63, 3.8) is 0 Å². The Labute approximate surface area is 154 Å². The van der Waals surface area contributed by atoms with Crippen molar-refractivity contribution < 1.29 is 4.79 Å². The van der Waals surface area contributed by atoms with Crippen molar-refractivity contribution in [2.24, 2.45) is 0 Å². The Morgan fingerprint density at radius 2 is 2.00 bits per heavy atom. The molecule has 1 unspecified atom stereocenters. The van der Waals surface area contributed by atoms with E-state index in [-0.39, 0.29) is 24.1 Å². The van der Waals surface area contributed by atoms with Crippen LogP contribution in [0.1, 0.15) is 35.8 Å². The molecule has 2 N–H and O–H groups in total. The maximum atomic E-state index is 12.5. The molecule has 0 aliphatic carbocycles. The molecule has 0 fully saturated rings. The van der Waals surface area contributed by atoms with E-state index in [4.69, 9.17) is 11.6 Å². The van der Waals surface area contributed by atoms with Gasteiger partial charge in [0.05, 0.1) is 16.9 Å². The minimum atomic E-state index is -0.491. The first-order chi connectivity index (χ1) is 12.4. The number of nitrogens with one attached hydrogen (secondary N) is 2. The smallest absolute Gasteiger partial charge is 0.328 e. The number of hydrogen-bond donors (Lipinski definition) is 2. The number of amides is 1. The fourth-order valence-corrected chi connectivity index (χ4v) is 3.02. The maximum absolute atomic E-state index is 12.5. The van der Waals surface area contributed by atoms with Crippen LogP contribution in [0.2, 0.25) is 5.02 Å². The van der Waals surface area contributed by atoms with Crippen LogP contribution in [0.3, 0.4) is 0 Å². The quantitative estimate of drug-likeness (QED) is 0.739. The highest BCUT2D eigenvalue weighted by Gasteiger charge is 2.14. The predicted octanol–water partition coefficient (Wildman–Crippen LogP) is 2.85. The molecule has 7 heteroatoms. The van der Waals surface area contributed by atoms with Crippen LogP contribution in [-0.4, -0.2) is 15.5 Å². The molecule has 0 radical (unpaired) electrons. The van der Waals surface area contributed by atoms with Crippen LogP contribution in [0, 0.1) is 0 Å². The summed E-state index contributed by atoms with van der Waals surface area (Å²) < 4.78 is 1.11. The van der Waals surface area contributed by atoms with Crippen molar-refractivity contribution in [1.29, 1.82) is 0 Å². The van der Waals surface area contributed by atoms with E-state index in [2.05, 4.69) is 10.3 Å². The SMILES string of the molecule is CCn1c(=O)[nH]c2cc(C(=O)NC(C)c3cccc(Cl)c3)ccc2c1=O. The van der Waals surface area contributed by atoms with E-state index in [0.717, 1.165) is 10.1 Å². The summed E-state index contributed by atoms with van der Waals surface area (Å²) in [7, 11) is 0. The Morgan fingerprint density at radius 3 is 2.69 bits per heavy atom. The van der Waals surface area contributed by atoms with Crippen LogP contribution < -0.4 is 16.6 Å². The Bertz CT molecular complexity index is 1100. The number of benzene rings is 2. The van der Waals surface area contributed by atoms with Crippen LogP contribution in [0.15, 0.2) is 52.1 Å². The minimum Gasteiger partial charge on any atom is -0.346 e. The van der Waals surface area contributed by atoms with E-state index in [0.29, 0.717) is 21.5 Å². The number of carbonyl (C=O) groups is 1. The van der Waals surface area contributed by atoms with Gasteiger partial charge in [-0.2, -0.15) is 0 Å². The molecule has 0 saturated carbocycles. The molecule has 1 amide bonds. The van der Waals surface area contributed by atoms with Gasteiger partial charge < -0.3 is 10.3 Å². The van der Waals surface area contributed by atoms with Gasteiger partial charge in [0.2, 0.25) is 0 Å². The first kappa shape index (κ1) is 17.9. The summed E-state index contributed by atoms with van der Waals surface area (Å²) in [4.78, 5) is 39.4. The Balaban J connectivity index is 1.91. The molecular weight excluding hydrogens is 354 g/mol. The molecule has 0 bridgehead atoms. The number of aromatic nitrogens is 2. The zero-order valence-electron chi connectivity index (χ0n) is 14.4. The average Bonchev–Trinajstić information content (AvgIpc) is 2.61.